The van der Waals surface area contributed by atoms with Crippen molar-refractivity contribution in [3.05, 3.63) is 28.2 Å². The van der Waals surface area contributed by atoms with E-state index in [2.05, 4.69) is 0 Å². The minimum atomic E-state index is -0.457. The molecule has 0 bridgehead atoms. The van der Waals surface area contributed by atoms with Crippen molar-refractivity contribution in [3.63, 3.8) is 0 Å². The maximum Gasteiger partial charge on any atom is 0.227 e. The third-order valence-electron chi connectivity index (χ3n) is 2.74. The van der Waals surface area contributed by atoms with Crippen molar-refractivity contribution < 1.29 is 9.59 Å². The topological polar surface area (TPSA) is 63.4 Å². The number of hydrogen-bond donors (Lipinski definition) is 1. The van der Waals surface area contributed by atoms with Crippen LogP contribution in [-0.2, 0) is 9.59 Å². The monoisotopic (exact) mass is 272 g/mol. The molecule has 1 aromatic rings. The average molecular weight is 273 g/mol. The molecule has 1 heterocycles. The summed E-state index contributed by atoms with van der Waals surface area (Å²) in [6, 6.07) is 4.91. The first-order valence-corrected chi connectivity index (χ1v) is 5.79. The van der Waals surface area contributed by atoms with Crippen LogP contribution in [0.25, 0.3) is 0 Å². The lowest BCUT2D eigenvalue weighted by atomic mass is 10.1. The Labute approximate surface area is 108 Å². The number of carbonyl (C=O) groups is 2. The maximum atomic E-state index is 11.7. The van der Waals surface area contributed by atoms with Crippen molar-refractivity contribution in [1.29, 1.82) is 0 Å². The van der Waals surface area contributed by atoms with Crippen LogP contribution in [0.3, 0.4) is 0 Å². The summed E-state index contributed by atoms with van der Waals surface area (Å²) in [6.07, 6.45) is 0.148. The Morgan fingerprint density at radius 1 is 1.35 bits per heavy atom. The predicted molar refractivity (Wildman–Crippen MR) is 66.1 cm³/mol. The van der Waals surface area contributed by atoms with E-state index in [-0.39, 0.29) is 12.3 Å². The SMILES string of the molecule is NC(=O)[C@H]1CC(=O)N(c2ccc(Cl)c(Cl)c2)C1. The molecule has 90 valence electrons. The Hall–Kier alpha value is -1.26. The molecule has 1 aliphatic heterocycles. The van der Waals surface area contributed by atoms with E-state index in [1.54, 1.807) is 18.2 Å². The highest BCUT2D eigenvalue weighted by Crippen LogP contribution is 2.30. The standard InChI is InChI=1S/C11H10Cl2N2O2/c12-8-2-1-7(4-9(8)13)15-5-6(11(14)17)3-10(15)16/h1-2,4,6H,3,5H2,(H2,14,17)/t6-/m0/s1. The summed E-state index contributed by atoms with van der Waals surface area (Å²) in [6.45, 7) is 0.298. The largest absolute Gasteiger partial charge is 0.369 e. The zero-order valence-corrected chi connectivity index (χ0v) is 10.3. The van der Waals surface area contributed by atoms with Crippen molar-refractivity contribution in [2.24, 2.45) is 11.7 Å². The van der Waals surface area contributed by atoms with Crippen LogP contribution < -0.4 is 10.6 Å². The molecule has 0 radical (unpaired) electrons. The van der Waals surface area contributed by atoms with Gasteiger partial charge in [-0.05, 0) is 18.2 Å². The van der Waals surface area contributed by atoms with Gasteiger partial charge < -0.3 is 10.6 Å². The summed E-state index contributed by atoms with van der Waals surface area (Å²) in [5, 5.41) is 0.799. The number of nitrogens with zero attached hydrogens (tertiary/aromatic N) is 1. The number of amides is 2. The second kappa shape index (κ2) is 4.55. The minimum Gasteiger partial charge on any atom is -0.369 e. The van der Waals surface area contributed by atoms with Crippen LogP contribution in [0.5, 0.6) is 0 Å². The van der Waals surface area contributed by atoms with Crippen LogP contribution in [0.4, 0.5) is 5.69 Å². The molecule has 17 heavy (non-hydrogen) atoms. The maximum absolute atomic E-state index is 11.7. The zero-order chi connectivity index (χ0) is 12.6. The van der Waals surface area contributed by atoms with E-state index in [4.69, 9.17) is 28.9 Å². The van der Waals surface area contributed by atoms with Crippen molar-refractivity contribution in [2.45, 2.75) is 6.42 Å². The molecule has 1 saturated heterocycles. The average Bonchev–Trinajstić information content (AvgIpc) is 2.65. The molecule has 4 nitrogen and oxygen atoms in total. The van der Waals surface area contributed by atoms with Crippen LogP contribution in [0.2, 0.25) is 10.0 Å². The van der Waals surface area contributed by atoms with E-state index in [0.29, 0.717) is 22.3 Å². The van der Waals surface area contributed by atoms with Gasteiger partial charge in [0.25, 0.3) is 0 Å². The molecule has 2 amide bonds. The smallest absolute Gasteiger partial charge is 0.227 e. The van der Waals surface area contributed by atoms with Crippen molar-refractivity contribution >= 4 is 40.7 Å². The van der Waals surface area contributed by atoms with Gasteiger partial charge in [-0.15, -0.1) is 0 Å². The Bertz CT molecular complexity index is 490. The van der Waals surface area contributed by atoms with Crippen LogP contribution in [0.15, 0.2) is 18.2 Å². The fourth-order valence-electron chi connectivity index (χ4n) is 1.80. The molecule has 0 unspecified atom stereocenters. The van der Waals surface area contributed by atoms with E-state index >= 15 is 0 Å². The van der Waals surface area contributed by atoms with Crippen molar-refractivity contribution in [1.82, 2.24) is 0 Å². The van der Waals surface area contributed by atoms with Crippen molar-refractivity contribution in [2.75, 3.05) is 11.4 Å². The molecule has 6 heteroatoms. The zero-order valence-electron chi connectivity index (χ0n) is 8.82. The van der Waals surface area contributed by atoms with Crippen LogP contribution >= 0.6 is 23.2 Å². The summed E-state index contributed by atoms with van der Waals surface area (Å²) < 4.78 is 0. The van der Waals surface area contributed by atoms with E-state index in [1.807, 2.05) is 0 Å². The van der Waals surface area contributed by atoms with E-state index in [1.165, 1.54) is 4.90 Å². The predicted octanol–water partition coefficient (Wildman–Crippen LogP) is 1.83. The summed E-state index contributed by atoms with van der Waals surface area (Å²) in [5.41, 5.74) is 5.82. The molecule has 1 fully saturated rings. The fourth-order valence-corrected chi connectivity index (χ4v) is 2.09. The second-order valence-corrected chi connectivity index (χ2v) is 4.72. The number of anilines is 1. The molecule has 1 atom stereocenters. The molecule has 1 aliphatic rings. The lowest BCUT2D eigenvalue weighted by molar-refractivity contribution is -0.123. The van der Waals surface area contributed by atoms with Gasteiger partial charge in [-0.25, -0.2) is 0 Å². The first-order chi connectivity index (χ1) is 7.99. The third-order valence-corrected chi connectivity index (χ3v) is 3.48. The molecular formula is C11H10Cl2N2O2. The van der Waals surface area contributed by atoms with Gasteiger partial charge >= 0.3 is 0 Å². The number of rotatable bonds is 2. The number of nitrogens with two attached hydrogens (primary N) is 1. The van der Waals surface area contributed by atoms with Gasteiger partial charge in [-0.3, -0.25) is 9.59 Å². The van der Waals surface area contributed by atoms with Gasteiger partial charge in [0.05, 0.1) is 16.0 Å². The first-order valence-electron chi connectivity index (χ1n) is 5.04. The third kappa shape index (κ3) is 2.37. The summed E-state index contributed by atoms with van der Waals surface area (Å²) in [5.74, 6) is -1.02. The normalized spacial score (nSPS) is 19.8. The lowest BCUT2D eigenvalue weighted by Gasteiger charge is -2.16. The number of carbonyl (C=O) groups excluding carboxylic acids is 2. The quantitative estimate of drug-likeness (QED) is 0.893. The summed E-state index contributed by atoms with van der Waals surface area (Å²) >= 11 is 11.7. The van der Waals surface area contributed by atoms with Gasteiger partial charge in [0.2, 0.25) is 11.8 Å². The molecule has 0 spiro atoms. The molecule has 0 aromatic heterocycles. The Balaban J connectivity index is 2.26. The minimum absolute atomic E-state index is 0.132. The lowest BCUT2D eigenvalue weighted by Crippen LogP contribution is -2.28. The number of primary amides is 1. The van der Waals surface area contributed by atoms with Gasteiger partial charge in [0, 0.05) is 18.7 Å². The molecule has 2 N–H and O–H groups in total. The fraction of sp³-hybridized carbons (Fsp3) is 0.273. The number of hydrogen-bond acceptors (Lipinski definition) is 2. The molecule has 0 saturated carbocycles. The Morgan fingerprint density at radius 2 is 2.06 bits per heavy atom. The van der Waals surface area contributed by atoms with Crippen LogP contribution in [0, 0.1) is 5.92 Å². The highest BCUT2D eigenvalue weighted by molar-refractivity contribution is 6.42. The number of benzene rings is 1. The molecular weight excluding hydrogens is 263 g/mol. The van der Waals surface area contributed by atoms with Gasteiger partial charge in [0.15, 0.2) is 0 Å². The Kier molecular flexibility index (Phi) is 3.26. The highest BCUT2D eigenvalue weighted by Gasteiger charge is 2.33. The second-order valence-electron chi connectivity index (χ2n) is 3.91. The van der Waals surface area contributed by atoms with Crippen LogP contribution in [-0.4, -0.2) is 18.4 Å². The first kappa shape index (κ1) is 12.2. The van der Waals surface area contributed by atoms with E-state index in [0.717, 1.165) is 0 Å². The summed E-state index contributed by atoms with van der Waals surface area (Å²) in [4.78, 5) is 24.3. The Morgan fingerprint density at radius 3 is 2.59 bits per heavy atom. The van der Waals surface area contributed by atoms with Gasteiger partial charge in [0.1, 0.15) is 0 Å². The molecule has 1 aromatic carbocycles. The van der Waals surface area contributed by atoms with Gasteiger partial charge in [-0.1, -0.05) is 23.2 Å². The highest BCUT2D eigenvalue weighted by atomic mass is 35.5. The van der Waals surface area contributed by atoms with Crippen LogP contribution in [0.1, 0.15) is 6.42 Å². The molecule has 2 rings (SSSR count). The number of halogens is 2. The van der Waals surface area contributed by atoms with Crippen molar-refractivity contribution in [3.8, 4) is 0 Å². The van der Waals surface area contributed by atoms with E-state index in [9.17, 15) is 9.59 Å². The molecule has 0 aliphatic carbocycles. The summed E-state index contributed by atoms with van der Waals surface area (Å²) in [7, 11) is 0. The van der Waals surface area contributed by atoms with Gasteiger partial charge in [-0.2, -0.15) is 0 Å². The van der Waals surface area contributed by atoms with E-state index < -0.39 is 11.8 Å².